The molecule has 9 rings (SSSR count). The van der Waals surface area contributed by atoms with Crippen molar-refractivity contribution in [3.05, 3.63) is 137 Å². The largest absolute Gasteiger partial charge is 0.497 e. The van der Waals surface area contributed by atoms with Crippen molar-refractivity contribution < 1.29 is 28.3 Å². The molecule has 48 heavy (non-hydrogen) atoms. The lowest BCUT2D eigenvalue weighted by Crippen LogP contribution is -2.29. The first-order valence-electron chi connectivity index (χ1n) is 15.1. The summed E-state index contributed by atoms with van der Waals surface area (Å²) in [6.07, 6.45) is 0.809. The van der Waals surface area contributed by atoms with Crippen LogP contribution in [0.3, 0.4) is 0 Å². The normalized spacial score (nSPS) is 14.4. The fraction of sp³-hybridized carbons (Fsp3) is 0.0526. The zero-order valence-corrected chi connectivity index (χ0v) is 25.3. The monoisotopic (exact) mass is 630 g/mol. The lowest BCUT2D eigenvalue weighted by molar-refractivity contribution is 0.0906. The maximum atomic E-state index is 13.7. The lowest BCUT2D eigenvalue weighted by atomic mass is 9.97. The molecule has 5 aromatic carbocycles. The SMILES string of the molecule is COc1ccc(-c2nnc(N3C(=O)c4ccc(-c5ccc6c(c5)C(=O)N(c5ccc7c(c5)-c5ccccc5C7)C6=O)cc4C3=O)o2)cc1. The predicted molar refractivity (Wildman–Crippen MR) is 175 cm³/mol. The minimum Gasteiger partial charge on any atom is -0.497 e. The number of methoxy groups -OCH3 is 1. The van der Waals surface area contributed by atoms with E-state index in [0.29, 0.717) is 33.7 Å². The molecule has 0 fully saturated rings. The molecule has 0 saturated carbocycles. The molecule has 0 saturated heterocycles. The highest BCUT2D eigenvalue weighted by molar-refractivity contribution is 6.35. The number of rotatable bonds is 5. The van der Waals surface area contributed by atoms with Crippen molar-refractivity contribution in [2.45, 2.75) is 6.42 Å². The van der Waals surface area contributed by atoms with Gasteiger partial charge in [-0.1, -0.05) is 47.6 Å². The van der Waals surface area contributed by atoms with Gasteiger partial charge >= 0.3 is 6.01 Å². The van der Waals surface area contributed by atoms with Gasteiger partial charge in [-0.25, -0.2) is 4.90 Å². The third kappa shape index (κ3) is 3.99. The van der Waals surface area contributed by atoms with Crippen LogP contribution in [0.15, 0.2) is 108 Å². The van der Waals surface area contributed by atoms with Gasteiger partial charge in [0.15, 0.2) is 0 Å². The van der Waals surface area contributed by atoms with Crippen molar-refractivity contribution in [1.29, 1.82) is 0 Å². The third-order valence-electron chi connectivity index (χ3n) is 9.09. The van der Waals surface area contributed by atoms with Gasteiger partial charge in [-0.05, 0) is 100 Å². The molecule has 4 amide bonds. The number of carbonyl (C=O) groups is 4. The van der Waals surface area contributed by atoms with Crippen LogP contribution in [-0.4, -0.2) is 40.9 Å². The topological polar surface area (TPSA) is 123 Å². The van der Waals surface area contributed by atoms with Gasteiger partial charge in [0, 0.05) is 5.56 Å². The van der Waals surface area contributed by atoms with Gasteiger partial charge in [-0.2, -0.15) is 4.90 Å². The molecule has 10 nitrogen and oxygen atoms in total. The molecule has 0 radical (unpaired) electrons. The van der Waals surface area contributed by atoms with E-state index in [1.54, 1.807) is 67.8 Å². The fourth-order valence-electron chi connectivity index (χ4n) is 6.66. The van der Waals surface area contributed by atoms with Crippen LogP contribution < -0.4 is 14.5 Å². The smallest absolute Gasteiger partial charge is 0.332 e. The van der Waals surface area contributed by atoms with Crippen LogP contribution in [0.4, 0.5) is 11.7 Å². The molecular weight excluding hydrogens is 608 g/mol. The number of anilines is 2. The fourth-order valence-corrected chi connectivity index (χ4v) is 6.66. The lowest BCUT2D eigenvalue weighted by Gasteiger charge is -2.15. The quantitative estimate of drug-likeness (QED) is 0.195. The molecule has 0 spiro atoms. The highest BCUT2D eigenvalue weighted by Crippen LogP contribution is 2.41. The molecule has 1 aromatic heterocycles. The molecule has 3 aliphatic rings. The average molecular weight is 631 g/mol. The van der Waals surface area contributed by atoms with Gasteiger partial charge in [-0.15, -0.1) is 5.10 Å². The third-order valence-corrected chi connectivity index (χ3v) is 9.09. The second-order valence-corrected chi connectivity index (χ2v) is 11.7. The van der Waals surface area contributed by atoms with E-state index < -0.39 is 23.6 Å². The van der Waals surface area contributed by atoms with Crippen LogP contribution in [0, 0.1) is 0 Å². The number of amides is 4. The molecule has 1 aliphatic carbocycles. The minimum atomic E-state index is -0.612. The average Bonchev–Trinajstić information content (AvgIpc) is 3.87. The molecule has 6 aromatic rings. The number of ether oxygens (including phenoxy) is 1. The molecule has 0 N–H and O–H groups in total. The predicted octanol–water partition coefficient (Wildman–Crippen LogP) is 6.58. The van der Waals surface area contributed by atoms with Crippen molar-refractivity contribution in [2.24, 2.45) is 0 Å². The van der Waals surface area contributed by atoms with E-state index in [1.807, 2.05) is 30.3 Å². The first-order chi connectivity index (χ1) is 23.4. The number of hydrogen-bond acceptors (Lipinski definition) is 8. The van der Waals surface area contributed by atoms with Crippen LogP contribution in [-0.2, 0) is 6.42 Å². The number of carbonyl (C=O) groups excluding carboxylic acids is 4. The van der Waals surface area contributed by atoms with Gasteiger partial charge in [-0.3, -0.25) is 19.2 Å². The summed E-state index contributed by atoms with van der Waals surface area (Å²) in [5.41, 5.74) is 7.70. The Labute approximate surface area is 272 Å². The van der Waals surface area contributed by atoms with E-state index >= 15 is 0 Å². The number of aromatic nitrogens is 2. The van der Waals surface area contributed by atoms with E-state index in [9.17, 15) is 19.2 Å². The van der Waals surface area contributed by atoms with Gasteiger partial charge in [0.05, 0.1) is 35.1 Å². The Morgan fingerprint density at radius 2 is 1.17 bits per heavy atom. The molecule has 0 unspecified atom stereocenters. The molecule has 0 bridgehead atoms. The van der Waals surface area contributed by atoms with Crippen LogP contribution in [0.2, 0.25) is 0 Å². The zero-order valence-electron chi connectivity index (χ0n) is 25.3. The number of hydrogen-bond donors (Lipinski definition) is 0. The van der Waals surface area contributed by atoms with Crippen molar-refractivity contribution in [3.8, 4) is 39.5 Å². The molecule has 230 valence electrons. The van der Waals surface area contributed by atoms with Crippen LogP contribution in [0.5, 0.6) is 5.75 Å². The first-order valence-corrected chi connectivity index (χ1v) is 15.1. The van der Waals surface area contributed by atoms with E-state index in [1.165, 1.54) is 10.5 Å². The van der Waals surface area contributed by atoms with Crippen LogP contribution in [0.1, 0.15) is 52.6 Å². The standard InChI is InChI=1S/C38H22N4O6/c1-47-26-12-7-20(8-13-26)33-39-40-38(48-33)42-35(44)29-15-10-22(18-32(29)37(42)46)21-9-14-28-31(17-21)36(45)41(34(28)43)25-11-6-24-16-23-4-2-3-5-27(23)30(24)19-25/h2-15,17-19H,16H2,1H3. The van der Waals surface area contributed by atoms with Crippen molar-refractivity contribution in [3.63, 3.8) is 0 Å². The van der Waals surface area contributed by atoms with Crippen LogP contribution >= 0.6 is 0 Å². The van der Waals surface area contributed by atoms with E-state index in [4.69, 9.17) is 9.15 Å². The van der Waals surface area contributed by atoms with Gasteiger partial charge in [0.1, 0.15) is 5.75 Å². The molecule has 2 aliphatic heterocycles. The Kier molecular flexibility index (Phi) is 5.85. The Morgan fingerprint density at radius 1 is 0.562 bits per heavy atom. The van der Waals surface area contributed by atoms with E-state index in [-0.39, 0.29) is 28.6 Å². The van der Waals surface area contributed by atoms with Crippen molar-refractivity contribution in [1.82, 2.24) is 10.2 Å². The summed E-state index contributed by atoms with van der Waals surface area (Å²) in [4.78, 5) is 56.1. The summed E-state index contributed by atoms with van der Waals surface area (Å²) in [5, 5.41) is 7.98. The summed E-state index contributed by atoms with van der Waals surface area (Å²) in [7, 11) is 1.56. The Morgan fingerprint density at radius 3 is 1.88 bits per heavy atom. The molecular formula is C38H22N4O6. The summed E-state index contributed by atoms with van der Waals surface area (Å²) in [6, 6.07) is 30.3. The second-order valence-electron chi connectivity index (χ2n) is 11.7. The van der Waals surface area contributed by atoms with Crippen LogP contribution in [0.25, 0.3) is 33.7 Å². The summed E-state index contributed by atoms with van der Waals surface area (Å²) in [5.74, 6) is -1.23. The van der Waals surface area contributed by atoms with Crippen molar-refractivity contribution in [2.75, 3.05) is 16.9 Å². The Bertz CT molecular complexity index is 2410. The minimum absolute atomic E-state index is 0.140. The molecule has 3 heterocycles. The maximum Gasteiger partial charge on any atom is 0.332 e. The second kappa shape index (κ2) is 10.2. The molecule has 0 atom stereocenters. The number of imide groups is 2. The molecule has 10 heteroatoms. The van der Waals surface area contributed by atoms with E-state index in [0.717, 1.165) is 28.0 Å². The number of fused-ring (bicyclic) bond motifs is 5. The maximum absolute atomic E-state index is 13.7. The highest BCUT2D eigenvalue weighted by atomic mass is 16.5. The van der Waals surface area contributed by atoms with Crippen molar-refractivity contribution >= 4 is 35.3 Å². The highest BCUT2D eigenvalue weighted by Gasteiger charge is 2.41. The Hall–Kier alpha value is -6.68. The van der Waals surface area contributed by atoms with E-state index in [2.05, 4.69) is 22.3 Å². The van der Waals surface area contributed by atoms with Gasteiger partial charge < -0.3 is 9.15 Å². The number of benzene rings is 5. The zero-order chi connectivity index (χ0) is 32.7. The summed E-state index contributed by atoms with van der Waals surface area (Å²) in [6.45, 7) is 0. The number of nitrogens with zero attached hydrogens (tertiary/aromatic N) is 4. The van der Waals surface area contributed by atoms with Gasteiger partial charge in [0.2, 0.25) is 5.89 Å². The summed E-state index contributed by atoms with van der Waals surface area (Å²) < 4.78 is 10.9. The van der Waals surface area contributed by atoms with Gasteiger partial charge in [0.25, 0.3) is 23.6 Å². The Balaban J connectivity index is 1.00. The summed E-state index contributed by atoms with van der Waals surface area (Å²) >= 11 is 0. The first kappa shape index (κ1) is 27.6.